The van der Waals surface area contributed by atoms with E-state index >= 15 is 0 Å². The normalized spacial score (nSPS) is 17.3. The lowest BCUT2D eigenvalue weighted by molar-refractivity contribution is 0.0378. The molecule has 0 amide bonds. The highest BCUT2D eigenvalue weighted by molar-refractivity contribution is 5.96. The van der Waals surface area contributed by atoms with Gasteiger partial charge in [-0.3, -0.25) is 9.97 Å². The van der Waals surface area contributed by atoms with Crippen LogP contribution in [0.1, 0.15) is 66.8 Å². The van der Waals surface area contributed by atoms with Gasteiger partial charge in [-0.05, 0) is 74.7 Å². The van der Waals surface area contributed by atoms with Crippen molar-refractivity contribution in [2.24, 2.45) is 5.16 Å². The van der Waals surface area contributed by atoms with Gasteiger partial charge >= 0.3 is 5.97 Å². The summed E-state index contributed by atoms with van der Waals surface area (Å²) in [6.07, 6.45) is 5.65. The molecule has 0 radical (unpaired) electrons. The quantitative estimate of drug-likeness (QED) is 0.203. The lowest BCUT2D eigenvalue weighted by Crippen LogP contribution is -2.17. The Morgan fingerprint density at radius 3 is 2.39 bits per heavy atom. The minimum Gasteiger partial charge on any atom is -0.459 e. The first kappa shape index (κ1) is 26.4. The molecule has 6 rings (SSSR count). The maximum atomic E-state index is 12.5. The molecular formula is C34H32N4O3. The van der Waals surface area contributed by atoms with Crippen LogP contribution >= 0.6 is 0 Å². The van der Waals surface area contributed by atoms with Crippen molar-refractivity contribution in [1.29, 1.82) is 0 Å². The molecule has 4 heterocycles. The topological polar surface area (TPSA) is 78.6 Å². The number of fused-ring (bicyclic) bond motifs is 1. The van der Waals surface area contributed by atoms with E-state index in [9.17, 15) is 4.79 Å². The summed E-state index contributed by atoms with van der Waals surface area (Å²) in [6.45, 7) is 7.72. The van der Waals surface area contributed by atoms with Gasteiger partial charge in [-0.1, -0.05) is 53.7 Å². The minimum atomic E-state index is -0.332. The van der Waals surface area contributed by atoms with E-state index in [0.717, 1.165) is 44.7 Å². The summed E-state index contributed by atoms with van der Waals surface area (Å²) in [5.74, 6) is -0.309. The molecular weight excluding hydrogens is 512 g/mol. The van der Waals surface area contributed by atoms with Crippen LogP contribution in [0.2, 0.25) is 0 Å². The second kappa shape index (κ2) is 11.0. The van der Waals surface area contributed by atoms with E-state index in [1.54, 1.807) is 0 Å². The number of hydrogen-bond donors (Lipinski definition) is 0. The van der Waals surface area contributed by atoms with Crippen molar-refractivity contribution >= 4 is 22.7 Å². The summed E-state index contributed by atoms with van der Waals surface area (Å²) >= 11 is 0. The van der Waals surface area contributed by atoms with Crippen molar-refractivity contribution in [2.75, 3.05) is 0 Å². The van der Waals surface area contributed by atoms with Crippen LogP contribution in [0.4, 0.5) is 0 Å². The number of benzene rings is 2. The molecule has 1 aliphatic rings. The number of aromatic nitrogens is 3. The third-order valence-electron chi connectivity index (χ3n) is 7.47. The van der Waals surface area contributed by atoms with E-state index in [1.807, 2.05) is 94.7 Å². The highest BCUT2D eigenvalue weighted by Crippen LogP contribution is 2.38. The molecule has 1 aliphatic heterocycles. The number of esters is 1. The molecule has 5 aromatic rings. The molecule has 3 atom stereocenters. The van der Waals surface area contributed by atoms with E-state index in [1.165, 1.54) is 0 Å². The van der Waals surface area contributed by atoms with Crippen molar-refractivity contribution in [3.05, 3.63) is 120 Å². The molecule has 206 valence electrons. The van der Waals surface area contributed by atoms with Crippen LogP contribution in [0.3, 0.4) is 0 Å². The zero-order chi connectivity index (χ0) is 28.5. The number of rotatable bonds is 7. The van der Waals surface area contributed by atoms with E-state index in [4.69, 9.17) is 19.5 Å². The molecule has 0 fully saturated rings. The fourth-order valence-electron chi connectivity index (χ4n) is 5.59. The fourth-order valence-corrected chi connectivity index (χ4v) is 5.59. The third kappa shape index (κ3) is 5.11. The number of hydrogen-bond acceptors (Lipinski definition) is 6. The number of nitrogens with zero attached hydrogens (tertiary/aromatic N) is 4. The predicted octanol–water partition coefficient (Wildman–Crippen LogP) is 7.18. The Morgan fingerprint density at radius 2 is 1.73 bits per heavy atom. The van der Waals surface area contributed by atoms with Gasteiger partial charge in [0.15, 0.2) is 0 Å². The smallest absolute Gasteiger partial charge is 0.338 e. The first-order valence-corrected chi connectivity index (χ1v) is 13.9. The molecule has 0 aliphatic carbocycles. The molecule has 2 unspecified atom stereocenters. The first-order valence-electron chi connectivity index (χ1n) is 13.9. The Balaban J connectivity index is 1.54. The number of carbonyl (C=O) groups is 1. The van der Waals surface area contributed by atoms with Gasteiger partial charge in [-0.15, -0.1) is 0 Å². The number of ether oxygens (including phenoxy) is 1. The Hall–Kier alpha value is -4.78. The molecule has 3 aromatic heterocycles. The SMILES string of the molecule is CC1=NOC(C)C1c1cnc2c(-c3ccc(C(=O)OC(C)C)cc3)cn([C@H](c3ccccc3)c3ccccn3)c2c1. The summed E-state index contributed by atoms with van der Waals surface area (Å²) in [5.41, 5.74) is 8.31. The average molecular weight is 545 g/mol. The van der Waals surface area contributed by atoms with Gasteiger partial charge in [0.1, 0.15) is 12.1 Å². The van der Waals surface area contributed by atoms with E-state index in [2.05, 4.69) is 40.2 Å². The predicted molar refractivity (Wildman–Crippen MR) is 160 cm³/mol. The van der Waals surface area contributed by atoms with Crippen molar-refractivity contribution in [1.82, 2.24) is 14.5 Å². The molecule has 7 nitrogen and oxygen atoms in total. The van der Waals surface area contributed by atoms with Crippen LogP contribution in [-0.2, 0) is 9.57 Å². The first-order chi connectivity index (χ1) is 19.9. The van der Waals surface area contributed by atoms with Crippen LogP contribution < -0.4 is 0 Å². The largest absolute Gasteiger partial charge is 0.459 e. The van der Waals surface area contributed by atoms with E-state index in [-0.39, 0.29) is 30.1 Å². The summed E-state index contributed by atoms with van der Waals surface area (Å²) < 4.78 is 7.64. The molecule has 0 spiro atoms. The van der Waals surface area contributed by atoms with Crippen LogP contribution in [0.5, 0.6) is 0 Å². The van der Waals surface area contributed by atoms with Crippen molar-refractivity contribution in [3.63, 3.8) is 0 Å². The average Bonchev–Trinajstić information content (AvgIpc) is 3.52. The van der Waals surface area contributed by atoms with E-state index < -0.39 is 0 Å². The molecule has 7 heteroatoms. The standard InChI is InChI=1S/C34H32N4O3/c1-21(2)40-34(39)26-15-13-24(14-16-26)28-20-38(33(25-10-6-5-7-11-25)29-12-8-9-17-35-29)30-18-27(19-36-32(28)30)31-22(3)37-41-23(31)4/h5-21,23,31,33H,1-4H3/t23?,31?,33-/m1/s1. The van der Waals surface area contributed by atoms with Gasteiger partial charge in [0.2, 0.25) is 0 Å². The van der Waals surface area contributed by atoms with Crippen LogP contribution in [0.15, 0.2) is 103 Å². The molecule has 0 saturated carbocycles. The van der Waals surface area contributed by atoms with Crippen LogP contribution in [0.25, 0.3) is 22.2 Å². The highest BCUT2D eigenvalue weighted by atomic mass is 16.6. The van der Waals surface area contributed by atoms with Gasteiger partial charge < -0.3 is 14.1 Å². The van der Waals surface area contributed by atoms with Crippen molar-refractivity contribution < 1.29 is 14.4 Å². The fraction of sp³-hybridized carbons (Fsp3) is 0.235. The zero-order valence-electron chi connectivity index (χ0n) is 23.6. The van der Waals surface area contributed by atoms with Crippen LogP contribution in [0, 0.1) is 0 Å². The third-order valence-corrected chi connectivity index (χ3v) is 7.47. The molecule has 0 saturated heterocycles. The Labute approximate surface area is 239 Å². The maximum absolute atomic E-state index is 12.5. The maximum Gasteiger partial charge on any atom is 0.338 e. The summed E-state index contributed by atoms with van der Waals surface area (Å²) in [5, 5.41) is 4.24. The van der Waals surface area contributed by atoms with Gasteiger partial charge in [0.25, 0.3) is 0 Å². The number of carbonyl (C=O) groups excluding carboxylic acids is 1. The molecule has 2 aromatic carbocycles. The summed E-state index contributed by atoms with van der Waals surface area (Å²) in [6, 6.07) is 25.9. The number of oxime groups is 1. The Bertz CT molecular complexity index is 1670. The molecule has 41 heavy (non-hydrogen) atoms. The van der Waals surface area contributed by atoms with Crippen molar-refractivity contribution in [3.8, 4) is 11.1 Å². The molecule has 0 bridgehead atoms. The molecule has 0 N–H and O–H groups in total. The van der Waals surface area contributed by atoms with Gasteiger partial charge in [0, 0.05) is 24.2 Å². The van der Waals surface area contributed by atoms with Gasteiger partial charge in [-0.25, -0.2) is 4.79 Å². The second-order valence-electron chi connectivity index (χ2n) is 10.7. The van der Waals surface area contributed by atoms with Crippen molar-refractivity contribution in [2.45, 2.75) is 51.9 Å². The highest BCUT2D eigenvalue weighted by Gasteiger charge is 2.31. The van der Waals surface area contributed by atoms with Crippen LogP contribution in [-0.4, -0.2) is 38.4 Å². The van der Waals surface area contributed by atoms with Gasteiger partial charge in [-0.2, -0.15) is 0 Å². The van der Waals surface area contributed by atoms with Gasteiger partial charge in [0.05, 0.1) is 40.0 Å². The summed E-state index contributed by atoms with van der Waals surface area (Å²) in [4.78, 5) is 27.9. The van der Waals surface area contributed by atoms with E-state index in [0.29, 0.717) is 5.56 Å². The Morgan fingerprint density at radius 1 is 0.976 bits per heavy atom. The summed E-state index contributed by atoms with van der Waals surface area (Å²) in [7, 11) is 0. The Kier molecular flexibility index (Phi) is 7.10. The minimum absolute atomic E-state index is 0.0231. The number of pyridine rings is 2. The second-order valence-corrected chi connectivity index (χ2v) is 10.7. The monoisotopic (exact) mass is 544 g/mol. The lowest BCUT2D eigenvalue weighted by Gasteiger charge is -2.21. The zero-order valence-corrected chi connectivity index (χ0v) is 23.6. The lowest BCUT2D eigenvalue weighted by atomic mass is 9.91.